The second kappa shape index (κ2) is 14.1. The number of hydrogen-bond acceptors (Lipinski definition) is 5. The third-order valence-corrected chi connectivity index (χ3v) is 9.88. The van der Waals surface area contributed by atoms with Crippen molar-refractivity contribution >= 4 is 39.1 Å². The molecular formula is C32H38ClN3O5S. The van der Waals surface area contributed by atoms with Gasteiger partial charge in [0.15, 0.2) is 0 Å². The number of nitrogens with zero attached hydrogens (tertiary/aromatic N) is 2. The Labute approximate surface area is 253 Å². The molecule has 10 heteroatoms. The molecule has 4 rings (SSSR count). The first-order valence-corrected chi connectivity index (χ1v) is 16.0. The lowest BCUT2D eigenvalue weighted by Crippen LogP contribution is -2.53. The van der Waals surface area contributed by atoms with Crippen molar-refractivity contribution in [3.05, 3.63) is 88.9 Å². The Morgan fingerprint density at radius 3 is 2.29 bits per heavy atom. The summed E-state index contributed by atoms with van der Waals surface area (Å²) in [7, 11) is -2.58. The van der Waals surface area contributed by atoms with Gasteiger partial charge in [-0.2, -0.15) is 0 Å². The molecule has 0 bridgehead atoms. The van der Waals surface area contributed by atoms with Crippen molar-refractivity contribution in [3.8, 4) is 5.75 Å². The maximum atomic E-state index is 14.1. The van der Waals surface area contributed by atoms with Crippen LogP contribution in [-0.2, 0) is 26.2 Å². The van der Waals surface area contributed by atoms with Crippen LogP contribution >= 0.6 is 11.6 Å². The predicted molar refractivity (Wildman–Crippen MR) is 165 cm³/mol. The second-order valence-corrected chi connectivity index (χ2v) is 12.9. The molecule has 1 atom stereocenters. The number of amides is 2. The van der Waals surface area contributed by atoms with Crippen LogP contribution in [0.5, 0.6) is 5.75 Å². The molecule has 1 aliphatic carbocycles. The van der Waals surface area contributed by atoms with Crippen LogP contribution in [0.2, 0.25) is 5.02 Å². The lowest BCUT2D eigenvalue weighted by molar-refractivity contribution is -0.139. The van der Waals surface area contributed by atoms with Crippen LogP contribution in [0.4, 0.5) is 5.69 Å². The molecule has 42 heavy (non-hydrogen) atoms. The summed E-state index contributed by atoms with van der Waals surface area (Å²) in [6.45, 7) is 3.08. The maximum absolute atomic E-state index is 14.1. The zero-order valence-electron chi connectivity index (χ0n) is 24.3. The summed E-state index contributed by atoms with van der Waals surface area (Å²) in [5.74, 6) is -0.121. The van der Waals surface area contributed by atoms with Gasteiger partial charge in [-0.3, -0.25) is 13.9 Å². The van der Waals surface area contributed by atoms with E-state index in [0.29, 0.717) is 10.8 Å². The molecule has 1 N–H and O–H groups in total. The van der Waals surface area contributed by atoms with Crippen LogP contribution in [0, 0.1) is 6.92 Å². The first kappa shape index (κ1) is 31.4. The van der Waals surface area contributed by atoms with Crippen LogP contribution in [-0.4, -0.2) is 50.9 Å². The van der Waals surface area contributed by atoms with Crippen molar-refractivity contribution in [2.24, 2.45) is 0 Å². The summed E-state index contributed by atoms with van der Waals surface area (Å²) in [4.78, 5) is 29.0. The number of benzene rings is 3. The van der Waals surface area contributed by atoms with Crippen molar-refractivity contribution < 1.29 is 22.7 Å². The summed E-state index contributed by atoms with van der Waals surface area (Å²) in [5, 5.41) is 3.49. The van der Waals surface area contributed by atoms with Crippen molar-refractivity contribution in [1.82, 2.24) is 10.2 Å². The quantitative estimate of drug-likeness (QED) is 0.299. The van der Waals surface area contributed by atoms with E-state index in [0.717, 1.165) is 47.5 Å². The molecule has 1 aliphatic rings. The highest BCUT2D eigenvalue weighted by Gasteiger charge is 2.33. The van der Waals surface area contributed by atoms with Crippen LogP contribution in [0.15, 0.2) is 77.7 Å². The van der Waals surface area contributed by atoms with Gasteiger partial charge in [-0.1, -0.05) is 67.3 Å². The molecule has 0 aliphatic heterocycles. The number of hydrogen-bond donors (Lipinski definition) is 1. The molecule has 3 aromatic rings. The molecule has 8 nitrogen and oxygen atoms in total. The van der Waals surface area contributed by atoms with E-state index in [1.54, 1.807) is 56.5 Å². The number of sulfonamides is 1. The summed E-state index contributed by atoms with van der Waals surface area (Å²) in [6, 6.07) is 19.3. The molecule has 224 valence electrons. The topological polar surface area (TPSA) is 96.0 Å². The molecule has 1 fully saturated rings. The average molecular weight is 612 g/mol. The van der Waals surface area contributed by atoms with Gasteiger partial charge in [0.25, 0.3) is 10.0 Å². The normalized spacial score (nSPS) is 14.6. The third-order valence-electron chi connectivity index (χ3n) is 7.68. The molecule has 1 saturated carbocycles. The predicted octanol–water partition coefficient (Wildman–Crippen LogP) is 5.72. The molecule has 3 aromatic carbocycles. The van der Waals surface area contributed by atoms with Gasteiger partial charge >= 0.3 is 0 Å². The number of carbonyl (C=O) groups excluding carboxylic acids is 2. The van der Waals surface area contributed by atoms with Gasteiger partial charge in [-0.05, 0) is 74.2 Å². The summed E-state index contributed by atoms with van der Waals surface area (Å²) >= 11 is 6.39. The Morgan fingerprint density at radius 1 is 1.00 bits per heavy atom. The zero-order chi connectivity index (χ0) is 30.3. The molecule has 2 amide bonds. The number of halogens is 1. The van der Waals surface area contributed by atoms with Crippen molar-refractivity contribution in [1.29, 1.82) is 0 Å². The minimum absolute atomic E-state index is 0.0410. The highest BCUT2D eigenvalue weighted by atomic mass is 35.5. The van der Waals surface area contributed by atoms with Crippen LogP contribution in [0.1, 0.15) is 50.2 Å². The smallest absolute Gasteiger partial charge is 0.264 e. The fraction of sp³-hybridized carbons (Fsp3) is 0.375. The Morgan fingerprint density at radius 2 is 1.67 bits per heavy atom. The van der Waals surface area contributed by atoms with E-state index in [1.807, 2.05) is 19.1 Å². The maximum Gasteiger partial charge on any atom is 0.264 e. The van der Waals surface area contributed by atoms with E-state index >= 15 is 0 Å². The van der Waals surface area contributed by atoms with Gasteiger partial charge < -0.3 is 15.0 Å². The Hall–Kier alpha value is -3.56. The van der Waals surface area contributed by atoms with Crippen molar-refractivity contribution in [2.45, 2.75) is 69.5 Å². The minimum atomic E-state index is -4.15. The Balaban J connectivity index is 1.68. The van der Waals surface area contributed by atoms with Crippen LogP contribution in [0.3, 0.4) is 0 Å². The summed E-state index contributed by atoms with van der Waals surface area (Å²) in [5.41, 5.74) is 1.81. The fourth-order valence-corrected chi connectivity index (χ4v) is 6.67. The third kappa shape index (κ3) is 7.63. The fourth-order valence-electron chi connectivity index (χ4n) is 5.06. The number of carbonyl (C=O) groups is 2. The zero-order valence-corrected chi connectivity index (χ0v) is 25.8. The van der Waals surface area contributed by atoms with Gasteiger partial charge in [0.2, 0.25) is 11.8 Å². The largest absolute Gasteiger partial charge is 0.497 e. The number of rotatable bonds is 11. The number of aryl methyl sites for hydroxylation is 1. The lowest BCUT2D eigenvalue weighted by atomic mass is 9.95. The first-order valence-electron chi connectivity index (χ1n) is 14.2. The number of anilines is 1. The highest BCUT2D eigenvalue weighted by Crippen LogP contribution is 2.29. The molecule has 0 spiro atoms. The van der Waals surface area contributed by atoms with Crippen molar-refractivity contribution in [3.63, 3.8) is 0 Å². The first-order chi connectivity index (χ1) is 20.1. The van der Waals surface area contributed by atoms with E-state index in [4.69, 9.17) is 16.3 Å². The van der Waals surface area contributed by atoms with Gasteiger partial charge in [-0.15, -0.1) is 0 Å². The lowest BCUT2D eigenvalue weighted by Gasteiger charge is -2.33. The van der Waals surface area contributed by atoms with Gasteiger partial charge in [0, 0.05) is 17.6 Å². The van der Waals surface area contributed by atoms with E-state index in [1.165, 1.54) is 23.1 Å². The standard InChI is InChI=1S/C32H38ClN3O5S/c1-23-14-17-27(20-30(23)33)36(42(39,40)29-12-8-5-9-13-29)22-31(37)35(21-25-15-18-28(41-3)19-16-25)24(2)32(38)34-26-10-6-4-7-11-26/h5,8-9,12-20,24,26H,4,6-7,10-11,21-22H2,1-3H3,(H,34,38)/t24-/m1/s1. The average Bonchev–Trinajstić information content (AvgIpc) is 3.00. The van der Waals surface area contributed by atoms with Crippen LogP contribution < -0.4 is 14.4 Å². The highest BCUT2D eigenvalue weighted by molar-refractivity contribution is 7.92. The molecule has 0 saturated heterocycles. The summed E-state index contributed by atoms with van der Waals surface area (Å²) < 4.78 is 34.1. The van der Waals surface area contributed by atoms with E-state index in [2.05, 4.69) is 5.32 Å². The Kier molecular flexibility index (Phi) is 10.5. The number of nitrogens with one attached hydrogen (secondary N) is 1. The van der Waals surface area contributed by atoms with Gasteiger partial charge in [0.05, 0.1) is 17.7 Å². The molecular weight excluding hydrogens is 574 g/mol. The SMILES string of the molecule is COc1ccc(CN(C(=O)CN(c2ccc(C)c(Cl)c2)S(=O)(=O)c2ccccc2)[C@H](C)C(=O)NC2CCCCC2)cc1. The van der Waals surface area contributed by atoms with E-state index < -0.39 is 28.5 Å². The van der Waals surface area contributed by atoms with E-state index in [9.17, 15) is 18.0 Å². The van der Waals surface area contributed by atoms with E-state index in [-0.39, 0.29) is 29.1 Å². The number of methoxy groups -OCH3 is 1. The second-order valence-electron chi connectivity index (χ2n) is 10.6. The van der Waals surface area contributed by atoms with Gasteiger partial charge in [0.1, 0.15) is 18.3 Å². The summed E-state index contributed by atoms with van der Waals surface area (Å²) in [6.07, 6.45) is 5.07. The molecule has 0 heterocycles. The van der Waals surface area contributed by atoms with Crippen LogP contribution in [0.25, 0.3) is 0 Å². The molecule has 0 radical (unpaired) electrons. The van der Waals surface area contributed by atoms with Gasteiger partial charge in [-0.25, -0.2) is 8.42 Å². The monoisotopic (exact) mass is 611 g/mol. The minimum Gasteiger partial charge on any atom is -0.497 e. The molecule has 0 aromatic heterocycles. The Bertz CT molecular complexity index is 1480. The number of ether oxygens (including phenoxy) is 1. The van der Waals surface area contributed by atoms with Crippen molar-refractivity contribution in [2.75, 3.05) is 18.0 Å². The molecule has 0 unspecified atom stereocenters.